The number of benzene rings is 1. The fourth-order valence-corrected chi connectivity index (χ4v) is 3.27. The number of carbonyl (C=O) groups is 1. The molecule has 1 amide bonds. The van der Waals surface area contributed by atoms with E-state index in [1.165, 1.54) is 0 Å². The first-order valence-corrected chi connectivity index (χ1v) is 8.99. The van der Waals surface area contributed by atoms with Gasteiger partial charge in [0.25, 0.3) is 0 Å². The normalized spacial score (nSPS) is 18.2. The maximum Gasteiger partial charge on any atom is 0.410 e. The van der Waals surface area contributed by atoms with Gasteiger partial charge in [-0.2, -0.15) is 0 Å². The highest BCUT2D eigenvalue weighted by Gasteiger charge is 2.38. The molecule has 3 rings (SSSR count). The molecule has 1 aliphatic rings. The van der Waals surface area contributed by atoms with Gasteiger partial charge >= 0.3 is 6.09 Å². The lowest BCUT2D eigenvalue weighted by Crippen LogP contribution is -2.49. The van der Waals surface area contributed by atoms with Crippen LogP contribution in [-0.4, -0.2) is 32.7 Å². The maximum atomic E-state index is 12.8. The van der Waals surface area contributed by atoms with E-state index in [2.05, 4.69) is 4.98 Å². The molecule has 0 radical (unpaired) electrons. The Kier molecular flexibility index (Phi) is 5.21. The van der Waals surface area contributed by atoms with Gasteiger partial charge in [0.1, 0.15) is 10.8 Å². The van der Waals surface area contributed by atoms with Gasteiger partial charge in [0.05, 0.1) is 18.7 Å². The Morgan fingerprint density at radius 3 is 2.62 bits per heavy atom. The van der Waals surface area contributed by atoms with E-state index in [1.54, 1.807) is 11.0 Å². The Hall–Kier alpha value is -2.11. The summed E-state index contributed by atoms with van der Waals surface area (Å²) in [7, 11) is 0. The average Bonchev–Trinajstić information content (AvgIpc) is 2.59. The lowest BCUT2D eigenvalue weighted by molar-refractivity contribution is -0.0129. The highest BCUT2D eigenvalue weighted by molar-refractivity contribution is 6.29. The van der Waals surface area contributed by atoms with E-state index < -0.39 is 23.8 Å². The molecule has 1 aromatic carbocycles. The van der Waals surface area contributed by atoms with Crippen LogP contribution in [0.1, 0.15) is 43.7 Å². The molecule has 6 heteroatoms. The van der Waals surface area contributed by atoms with Crippen molar-refractivity contribution in [3.63, 3.8) is 0 Å². The molecule has 2 atom stereocenters. The minimum absolute atomic E-state index is 0.322. The lowest BCUT2D eigenvalue weighted by atomic mass is 9.91. The van der Waals surface area contributed by atoms with E-state index in [4.69, 9.17) is 16.3 Å². The summed E-state index contributed by atoms with van der Waals surface area (Å²) in [6.07, 6.45) is -0.888. The number of hydrogen-bond donors (Lipinski definition) is 1. The minimum Gasteiger partial charge on any atom is -0.444 e. The van der Waals surface area contributed by atoms with Crippen LogP contribution in [0.4, 0.5) is 4.79 Å². The van der Waals surface area contributed by atoms with Gasteiger partial charge in [-0.05, 0) is 38.0 Å². The van der Waals surface area contributed by atoms with Gasteiger partial charge in [0.15, 0.2) is 0 Å². The first-order valence-electron chi connectivity index (χ1n) is 8.61. The second-order valence-corrected chi connectivity index (χ2v) is 7.86. The van der Waals surface area contributed by atoms with Crippen LogP contribution in [0, 0.1) is 0 Å². The molecule has 2 heterocycles. The van der Waals surface area contributed by atoms with Crippen molar-refractivity contribution in [3.05, 3.63) is 64.4 Å². The van der Waals surface area contributed by atoms with Crippen LogP contribution in [0.3, 0.4) is 0 Å². The number of pyridine rings is 1. The van der Waals surface area contributed by atoms with Gasteiger partial charge < -0.3 is 9.84 Å². The van der Waals surface area contributed by atoms with Crippen LogP contribution >= 0.6 is 11.6 Å². The highest BCUT2D eigenvalue weighted by Crippen LogP contribution is 2.32. The van der Waals surface area contributed by atoms with Gasteiger partial charge in [-0.3, -0.25) is 4.90 Å². The van der Waals surface area contributed by atoms with Crippen LogP contribution in [0.25, 0.3) is 0 Å². The van der Waals surface area contributed by atoms with Gasteiger partial charge in [-0.15, -0.1) is 0 Å². The Morgan fingerprint density at radius 2 is 1.96 bits per heavy atom. The topological polar surface area (TPSA) is 62.7 Å². The quantitative estimate of drug-likeness (QED) is 0.803. The molecular weight excluding hydrogens is 352 g/mol. The average molecular weight is 375 g/mol. The van der Waals surface area contributed by atoms with Crippen LogP contribution in [0.2, 0.25) is 5.15 Å². The van der Waals surface area contributed by atoms with E-state index in [-0.39, 0.29) is 0 Å². The number of fused-ring (bicyclic) bond motifs is 1. The highest BCUT2D eigenvalue weighted by atomic mass is 35.5. The minimum atomic E-state index is -0.849. The second kappa shape index (κ2) is 7.25. The molecule has 1 aliphatic heterocycles. The van der Waals surface area contributed by atoms with Crippen molar-refractivity contribution in [2.24, 2.45) is 0 Å². The number of halogens is 1. The summed E-state index contributed by atoms with van der Waals surface area (Å²) < 4.78 is 5.56. The summed E-state index contributed by atoms with van der Waals surface area (Å²) in [5.41, 5.74) is 1.85. The summed E-state index contributed by atoms with van der Waals surface area (Å²) >= 11 is 6.03. The second-order valence-electron chi connectivity index (χ2n) is 7.48. The predicted molar refractivity (Wildman–Crippen MR) is 99.9 cm³/mol. The van der Waals surface area contributed by atoms with Crippen molar-refractivity contribution in [3.8, 4) is 0 Å². The van der Waals surface area contributed by atoms with Crippen molar-refractivity contribution in [2.45, 2.75) is 51.5 Å². The molecule has 0 fully saturated rings. The van der Waals surface area contributed by atoms with E-state index >= 15 is 0 Å². The Morgan fingerprint density at radius 1 is 1.27 bits per heavy atom. The molecule has 5 nitrogen and oxygen atoms in total. The summed E-state index contributed by atoms with van der Waals surface area (Å²) in [6.45, 7) is 5.80. The molecule has 138 valence electrons. The number of ether oxygens (including phenoxy) is 1. The number of aliphatic hydroxyl groups is 1. The fourth-order valence-electron chi connectivity index (χ4n) is 3.11. The molecular formula is C20H23ClN2O3. The molecule has 2 unspecified atom stereocenters. The molecule has 1 aromatic heterocycles. The summed E-state index contributed by atoms with van der Waals surface area (Å²) in [4.78, 5) is 18.8. The summed E-state index contributed by atoms with van der Waals surface area (Å²) in [5.74, 6) is 0. The zero-order chi connectivity index (χ0) is 18.9. The van der Waals surface area contributed by atoms with Crippen molar-refractivity contribution in [2.75, 3.05) is 0 Å². The molecule has 0 spiro atoms. The Labute approximate surface area is 158 Å². The number of carbonyl (C=O) groups excluding carboxylic acids is 1. The van der Waals surface area contributed by atoms with Crippen LogP contribution < -0.4 is 0 Å². The zero-order valence-electron chi connectivity index (χ0n) is 15.1. The third-order valence-electron chi connectivity index (χ3n) is 4.31. The third-order valence-corrected chi connectivity index (χ3v) is 4.52. The predicted octanol–water partition coefficient (Wildman–Crippen LogP) is 4.13. The first-order chi connectivity index (χ1) is 12.2. The molecule has 0 bridgehead atoms. The molecule has 0 aliphatic carbocycles. The summed E-state index contributed by atoms with van der Waals surface area (Å²) in [5, 5.41) is 11.4. The van der Waals surface area contributed by atoms with Crippen molar-refractivity contribution in [1.29, 1.82) is 0 Å². The summed E-state index contributed by atoms with van der Waals surface area (Å²) in [6, 6.07) is 12.4. The number of hydrogen-bond acceptors (Lipinski definition) is 4. The zero-order valence-corrected chi connectivity index (χ0v) is 15.9. The number of aromatic nitrogens is 1. The first kappa shape index (κ1) is 18.7. The number of aliphatic hydroxyl groups excluding tert-OH is 1. The monoisotopic (exact) mass is 374 g/mol. The van der Waals surface area contributed by atoms with E-state index in [9.17, 15) is 9.90 Å². The maximum absolute atomic E-state index is 12.8. The number of amides is 1. The largest absolute Gasteiger partial charge is 0.444 e. The van der Waals surface area contributed by atoms with Crippen LogP contribution in [0.15, 0.2) is 42.5 Å². The molecule has 2 aromatic rings. The molecule has 26 heavy (non-hydrogen) atoms. The third kappa shape index (κ3) is 4.17. The number of nitrogens with zero attached hydrogens (tertiary/aromatic N) is 2. The standard InChI is InChI=1S/C20H23ClN2O3/c1-20(2,3)26-19(25)23-12-14-9-10-17(21)22-15(14)11-16(23)18(24)13-7-5-4-6-8-13/h4-10,16,18,24H,11-12H2,1-3H3. The lowest BCUT2D eigenvalue weighted by Gasteiger charge is -2.39. The van der Waals surface area contributed by atoms with E-state index in [0.29, 0.717) is 18.1 Å². The van der Waals surface area contributed by atoms with Gasteiger partial charge in [0.2, 0.25) is 0 Å². The van der Waals surface area contributed by atoms with E-state index in [1.807, 2.05) is 57.2 Å². The van der Waals surface area contributed by atoms with Gasteiger partial charge in [0, 0.05) is 12.1 Å². The molecule has 1 N–H and O–H groups in total. The fraction of sp³-hybridized carbons (Fsp3) is 0.400. The van der Waals surface area contributed by atoms with Crippen LogP contribution in [-0.2, 0) is 17.7 Å². The molecule has 0 saturated carbocycles. The van der Waals surface area contributed by atoms with Gasteiger partial charge in [-0.1, -0.05) is 48.0 Å². The van der Waals surface area contributed by atoms with Gasteiger partial charge in [-0.25, -0.2) is 9.78 Å². The van der Waals surface area contributed by atoms with Crippen LogP contribution in [0.5, 0.6) is 0 Å². The van der Waals surface area contributed by atoms with Crippen molar-refractivity contribution >= 4 is 17.7 Å². The number of rotatable bonds is 2. The van der Waals surface area contributed by atoms with Crippen molar-refractivity contribution < 1.29 is 14.6 Å². The van der Waals surface area contributed by atoms with Crippen molar-refractivity contribution in [1.82, 2.24) is 9.88 Å². The Bertz CT molecular complexity index is 789. The van der Waals surface area contributed by atoms with E-state index in [0.717, 1.165) is 16.8 Å². The SMILES string of the molecule is CC(C)(C)OC(=O)N1Cc2ccc(Cl)nc2CC1C(O)c1ccccc1. The Balaban J connectivity index is 1.95. The molecule has 0 saturated heterocycles. The smallest absolute Gasteiger partial charge is 0.410 e.